The van der Waals surface area contributed by atoms with Crippen molar-refractivity contribution in [2.24, 2.45) is 50.2 Å². The van der Waals surface area contributed by atoms with Crippen molar-refractivity contribution in [1.82, 2.24) is 0 Å². The topological polar surface area (TPSA) is 411 Å². The lowest BCUT2D eigenvalue weighted by atomic mass is 9.33. The normalized spacial score (nSPS) is 53.5. The smallest absolute Gasteiger partial charge is 0.317 e. The second-order valence-corrected chi connectivity index (χ2v) is 26.1. The molecule has 15 N–H and O–H groups in total. The Kier molecular flexibility index (Phi) is 17.4. The van der Waals surface area contributed by atoms with Gasteiger partial charge >= 0.3 is 11.9 Å². The molecule has 79 heavy (non-hydrogen) atoms. The van der Waals surface area contributed by atoms with Crippen LogP contribution in [0.15, 0.2) is 11.6 Å². The minimum absolute atomic E-state index is 0.0542. The Labute approximate surface area is 457 Å². The van der Waals surface area contributed by atoms with Gasteiger partial charge in [0.05, 0.1) is 43.4 Å². The molecule has 0 bridgehead atoms. The van der Waals surface area contributed by atoms with Gasteiger partial charge in [-0.3, -0.25) is 9.59 Å². The Morgan fingerprint density at radius 3 is 1.63 bits per heavy atom. The van der Waals surface area contributed by atoms with E-state index in [2.05, 4.69) is 40.7 Å². The number of ether oxygens (including phenoxy) is 8. The fourth-order valence-electron chi connectivity index (χ4n) is 16.2. The molecule has 0 aromatic rings. The zero-order chi connectivity index (χ0) is 57.9. The van der Waals surface area contributed by atoms with Crippen molar-refractivity contribution in [3.05, 3.63) is 11.6 Å². The van der Waals surface area contributed by atoms with E-state index in [1.54, 1.807) is 6.92 Å². The molecule has 25 nitrogen and oxygen atoms in total. The van der Waals surface area contributed by atoms with Gasteiger partial charge < -0.3 is 114 Å². The van der Waals surface area contributed by atoms with E-state index in [0.29, 0.717) is 57.8 Å². The standard InChI is InChI=1S/C54H86O25/c1-49(2)13-15-54(48(71)79-46-42(77-44-40(68)36(64)32(60)25(19-56)74-44)38(66)34(62)27(76-46)21-72-43-39(67)35(63)31(59)24(18-55)73-43)16-14-51(4)22(23(54)17-49)7-8-28-50(3)11-10-30(58)53(6,29(50)9-12-52(28,51)5)47(70)78-45-41(69)37(65)33(61)26(20-57)75-45/h7,23-46,55-69H,8-21H2,1-6H3. The van der Waals surface area contributed by atoms with Crippen molar-refractivity contribution >= 4 is 11.9 Å². The SMILES string of the molecule is CC1(C)CCC2(C(=O)OC3OC(COC4OC(CO)C(O)C(O)C4O)C(O)C(O)C3OC3OC(CO)C(O)C(O)C3O)CCC3(C)C(=CCC4C5(C)CCC(O)C(C)(C(=O)OC6OC(CO)C(O)C(O)C6O)C5CCC43C)C2C1. The van der Waals surface area contributed by atoms with Gasteiger partial charge in [-0.25, -0.2) is 0 Å². The maximum atomic E-state index is 15.6. The average Bonchev–Trinajstić information content (AvgIpc) is 2.44. The summed E-state index contributed by atoms with van der Waals surface area (Å²) < 4.78 is 46.8. The van der Waals surface area contributed by atoms with Crippen molar-refractivity contribution in [2.45, 2.75) is 235 Å². The third kappa shape index (κ3) is 9.95. The number of allylic oxidation sites excluding steroid dienone is 2. The van der Waals surface area contributed by atoms with Gasteiger partial charge in [-0.2, -0.15) is 0 Å². The maximum Gasteiger partial charge on any atom is 0.317 e. The van der Waals surface area contributed by atoms with Crippen molar-refractivity contribution in [1.29, 1.82) is 0 Å². The van der Waals surface area contributed by atoms with Crippen LogP contribution in [-0.4, -0.2) is 244 Å². The molecule has 4 saturated heterocycles. The number of rotatable bonds is 12. The highest BCUT2D eigenvalue weighted by atomic mass is 16.8. The number of esters is 2. The van der Waals surface area contributed by atoms with Crippen LogP contribution in [0.2, 0.25) is 0 Å². The molecule has 4 heterocycles. The molecule has 25 heteroatoms. The molecule has 29 unspecified atom stereocenters. The zero-order valence-corrected chi connectivity index (χ0v) is 45.6. The van der Waals surface area contributed by atoms with Crippen molar-refractivity contribution in [2.75, 3.05) is 26.4 Å². The Bertz CT molecular complexity index is 2210. The van der Waals surface area contributed by atoms with Gasteiger partial charge in [0.1, 0.15) is 91.6 Å². The molecular weight excluding hydrogens is 1050 g/mol. The first-order chi connectivity index (χ1) is 37.0. The number of hydrogen-bond acceptors (Lipinski definition) is 25. The molecule has 0 radical (unpaired) electrons. The molecule has 9 rings (SSSR count). The van der Waals surface area contributed by atoms with Crippen LogP contribution in [0.25, 0.3) is 0 Å². The van der Waals surface area contributed by atoms with E-state index < -0.39 is 206 Å². The van der Waals surface area contributed by atoms with Crippen LogP contribution < -0.4 is 0 Å². The molecule has 4 saturated carbocycles. The fourth-order valence-corrected chi connectivity index (χ4v) is 16.2. The minimum Gasteiger partial charge on any atom is -0.432 e. The fraction of sp³-hybridized carbons (Fsp3) is 0.926. The second kappa shape index (κ2) is 22.4. The van der Waals surface area contributed by atoms with E-state index in [1.807, 2.05) is 0 Å². The molecule has 9 aliphatic rings. The number of fused-ring (bicyclic) bond motifs is 7. The first-order valence-corrected chi connectivity index (χ1v) is 28.0. The van der Waals surface area contributed by atoms with Crippen LogP contribution in [0.5, 0.6) is 0 Å². The molecule has 4 aliphatic heterocycles. The molecule has 8 fully saturated rings. The predicted molar refractivity (Wildman–Crippen MR) is 264 cm³/mol. The largest absolute Gasteiger partial charge is 0.432 e. The molecule has 0 amide bonds. The lowest BCUT2D eigenvalue weighted by molar-refractivity contribution is -0.368. The van der Waals surface area contributed by atoms with Gasteiger partial charge in [0.15, 0.2) is 18.7 Å². The summed E-state index contributed by atoms with van der Waals surface area (Å²) in [5, 5.41) is 160. The number of carbonyl (C=O) groups is 2. The zero-order valence-electron chi connectivity index (χ0n) is 45.6. The highest BCUT2D eigenvalue weighted by Gasteiger charge is 2.72. The van der Waals surface area contributed by atoms with E-state index in [9.17, 15) is 81.4 Å². The summed E-state index contributed by atoms with van der Waals surface area (Å²) in [6.07, 6.45) is -29.2. The number of hydrogen-bond donors (Lipinski definition) is 15. The molecule has 0 aromatic heterocycles. The summed E-state index contributed by atoms with van der Waals surface area (Å²) >= 11 is 0. The third-order valence-electron chi connectivity index (χ3n) is 21.5. The van der Waals surface area contributed by atoms with E-state index in [4.69, 9.17) is 37.9 Å². The van der Waals surface area contributed by atoms with E-state index in [-0.39, 0.29) is 17.8 Å². The lowest BCUT2D eigenvalue weighted by Crippen LogP contribution is -2.67. The van der Waals surface area contributed by atoms with Gasteiger partial charge in [-0.05, 0) is 111 Å². The minimum atomic E-state index is -2.03. The van der Waals surface area contributed by atoms with Crippen LogP contribution in [0, 0.1) is 50.2 Å². The Hall–Kier alpha value is -2.16. The summed E-state index contributed by atoms with van der Waals surface area (Å²) in [5.41, 5.74) is -3.42. The van der Waals surface area contributed by atoms with Crippen LogP contribution >= 0.6 is 0 Å². The average molecular weight is 1140 g/mol. The Morgan fingerprint density at radius 2 is 1.04 bits per heavy atom. The third-order valence-corrected chi connectivity index (χ3v) is 21.5. The molecule has 452 valence electrons. The molecule has 5 aliphatic carbocycles. The van der Waals surface area contributed by atoms with Gasteiger partial charge in [-0.1, -0.05) is 46.3 Å². The molecule has 0 aromatic carbocycles. The first kappa shape index (κ1) is 61.4. The van der Waals surface area contributed by atoms with E-state index in [0.717, 1.165) is 5.57 Å². The molecule has 0 spiro atoms. The number of carbonyl (C=O) groups excluding carboxylic acids is 2. The first-order valence-electron chi connectivity index (χ1n) is 28.0. The van der Waals surface area contributed by atoms with E-state index in [1.165, 1.54) is 0 Å². The maximum absolute atomic E-state index is 15.6. The van der Waals surface area contributed by atoms with Gasteiger partial charge in [0.2, 0.25) is 12.6 Å². The van der Waals surface area contributed by atoms with Crippen molar-refractivity contribution in [3.63, 3.8) is 0 Å². The van der Waals surface area contributed by atoms with Gasteiger partial charge in [-0.15, -0.1) is 0 Å². The highest BCUT2D eigenvalue weighted by Crippen LogP contribution is 2.76. The van der Waals surface area contributed by atoms with E-state index >= 15 is 4.79 Å². The Morgan fingerprint density at radius 1 is 0.532 bits per heavy atom. The summed E-state index contributed by atoms with van der Waals surface area (Å²) in [5.74, 6) is -2.46. The Balaban J connectivity index is 1.00. The van der Waals surface area contributed by atoms with Crippen LogP contribution in [0.4, 0.5) is 0 Å². The summed E-state index contributed by atoms with van der Waals surface area (Å²) in [6.45, 7) is 9.59. The molecular formula is C54H86O25. The number of aliphatic hydroxyl groups is 15. The van der Waals surface area contributed by atoms with Gasteiger partial charge in [0.25, 0.3) is 0 Å². The number of aliphatic hydroxyl groups excluding tert-OH is 15. The van der Waals surface area contributed by atoms with Crippen LogP contribution in [0.3, 0.4) is 0 Å². The summed E-state index contributed by atoms with van der Waals surface area (Å²) in [4.78, 5) is 30.1. The predicted octanol–water partition coefficient (Wildman–Crippen LogP) is -3.54. The summed E-state index contributed by atoms with van der Waals surface area (Å²) in [6, 6.07) is 0. The van der Waals surface area contributed by atoms with Crippen LogP contribution in [-0.2, 0) is 47.5 Å². The van der Waals surface area contributed by atoms with Crippen LogP contribution in [0.1, 0.15) is 106 Å². The van der Waals surface area contributed by atoms with Gasteiger partial charge in [0, 0.05) is 0 Å². The highest BCUT2D eigenvalue weighted by molar-refractivity contribution is 5.79. The van der Waals surface area contributed by atoms with Crippen molar-refractivity contribution in [3.8, 4) is 0 Å². The lowest BCUT2D eigenvalue weighted by Gasteiger charge is -2.71. The molecule has 29 atom stereocenters. The van der Waals surface area contributed by atoms with Crippen molar-refractivity contribution < 1.29 is 124 Å². The quantitative estimate of drug-likeness (QED) is 0.0665. The second-order valence-electron chi connectivity index (χ2n) is 26.1. The monoisotopic (exact) mass is 1130 g/mol. The summed E-state index contributed by atoms with van der Waals surface area (Å²) in [7, 11) is 0.